The fourth-order valence-electron chi connectivity index (χ4n) is 4.16. The van der Waals surface area contributed by atoms with Crippen LogP contribution in [0.5, 0.6) is 5.75 Å². The molecule has 168 valence electrons. The number of aryl methyl sites for hydroxylation is 1. The largest absolute Gasteiger partial charge is 0.493 e. The summed E-state index contributed by atoms with van der Waals surface area (Å²) in [5, 5.41) is 14.0. The van der Waals surface area contributed by atoms with Crippen LogP contribution in [-0.2, 0) is 15.8 Å². The second-order valence-electron chi connectivity index (χ2n) is 9.80. The summed E-state index contributed by atoms with van der Waals surface area (Å²) in [5.41, 5.74) is 2.57. The second kappa shape index (κ2) is 9.82. The number of nitrogens with zero attached hydrogens (tertiary/aromatic N) is 1. The Hall–Kier alpha value is -2.40. The maximum atomic E-state index is 12.3. The van der Waals surface area contributed by atoms with Crippen molar-refractivity contribution in [2.24, 2.45) is 0 Å². The van der Waals surface area contributed by atoms with Crippen molar-refractivity contribution < 1.29 is 14.6 Å². The molecule has 0 aliphatic heterocycles. The molecule has 5 nitrogen and oxygen atoms in total. The number of nitrogens with one attached hydrogen (secondary N) is 1. The molecule has 1 aromatic carbocycles. The molecule has 0 saturated heterocycles. The lowest BCUT2D eigenvalue weighted by Crippen LogP contribution is -2.42. The molecule has 0 radical (unpaired) electrons. The smallest absolute Gasteiger partial charge is 0.220 e. The SMILES string of the molecule is Cc1cc(C(C)(C)C)ccc1OCCCC(=O)NC1CCC(O)(c2cccnc2)CC1. The van der Waals surface area contributed by atoms with Gasteiger partial charge in [-0.3, -0.25) is 9.78 Å². The van der Waals surface area contributed by atoms with E-state index in [9.17, 15) is 9.90 Å². The Balaban J connectivity index is 1.38. The van der Waals surface area contributed by atoms with Gasteiger partial charge in [0, 0.05) is 30.4 Å². The van der Waals surface area contributed by atoms with Crippen LogP contribution in [0.15, 0.2) is 42.7 Å². The maximum Gasteiger partial charge on any atom is 0.220 e. The van der Waals surface area contributed by atoms with Crippen LogP contribution in [0.2, 0.25) is 0 Å². The van der Waals surface area contributed by atoms with Crippen molar-refractivity contribution in [3.63, 3.8) is 0 Å². The van der Waals surface area contributed by atoms with Crippen LogP contribution >= 0.6 is 0 Å². The highest BCUT2D eigenvalue weighted by molar-refractivity contribution is 5.76. The zero-order chi connectivity index (χ0) is 22.5. The monoisotopic (exact) mass is 424 g/mol. The van der Waals surface area contributed by atoms with Gasteiger partial charge in [0.1, 0.15) is 5.75 Å². The number of benzene rings is 1. The lowest BCUT2D eigenvalue weighted by Gasteiger charge is -2.36. The fraction of sp³-hybridized carbons (Fsp3) is 0.538. The molecule has 5 heteroatoms. The highest BCUT2D eigenvalue weighted by atomic mass is 16.5. The molecule has 2 aromatic rings. The van der Waals surface area contributed by atoms with E-state index in [-0.39, 0.29) is 17.4 Å². The minimum atomic E-state index is -0.830. The quantitative estimate of drug-likeness (QED) is 0.627. The van der Waals surface area contributed by atoms with E-state index in [2.05, 4.69) is 50.1 Å². The van der Waals surface area contributed by atoms with Gasteiger partial charge >= 0.3 is 0 Å². The highest BCUT2D eigenvalue weighted by Gasteiger charge is 2.35. The summed E-state index contributed by atoms with van der Waals surface area (Å²) in [4.78, 5) is 16.5. The molecule has 1 saturated carbocycles. The van der Waals surface area contributed by atoms with Crippen LogP contribution in [0.3, 0.4) is 0 Å². The van der Waals surface area contributed by atoms with Gasteiger partial charge in [-0.25, -0.2) is 0 Å². The zero-order valence-electron chi connectivity index (χ0n) is 19.3. The van der Waals surface area contributed by atoms with Crippen molar-refractivity contribution in [3.8, 4) is 5.75 Å². The first kappa shape index (κ1) is 23.3. The normalized spacial score (nSPS) is 21.5. The van der Waals surface area contributed by atoms with Crippen molar-refractivity contribution in [2.45, 2.75) is 83.3 Å². The summed E-state index contributed by atoms with van der Waals surface area (Å²) in [6.45, 7) is 9.19. The van der Waals surface area contributed by atoms with Crippen LogP contribution in [0.1, 0.15) is 76.0 Å². The predicted molar refractivity (Wildman–Crippen MR) is 123 cm³/mol. The molecular formula is C26H36N2O3. The number of carbonyl (C=O) groups excluding carboxylic acids is 1. The van der Waals surface area contributed by atoms with Gasteiger partial charge in [-0.2, -0.15) is 0 Å². The lowest BCUT2D eigenvalue weighted by atomic mass is 9.78. The fourth-order valence-corrected chi connectivity index (χ4v) is 4.16. The Morgan fingerprint density at radius 2 is 2.00 bits per heavy atom. The van der Waals surface area contributed by atoms with E-state index in [0.29, 0.717) is 32.3 Å². The molecule has 1 fully saturated rings. The van der Waals surface area contributed by atoms with Gasteiger partial charge in [0.25, 0.3) is 0 Å². The van der Waals surface area contributed by atoms with Gasteiger partial charge in [-0.15, -0.1) is 0 Å². The maximum absolute atomic E-state index is 12.3. The van der Waals surface area contributed by atoms with E-state index in [1.807, 2.05) is 18.2 Å². The van der Waals surface area contributed by atoms with Gasteiger partial charge in [0.05, 0.1) is 12.2 Å². The number of carbonyl (C=O) groups is 1. The molecule has 0 bridgehead atoms. The molecular weight excluding hydrogens is 388 g/mol. The first-order chi connectivity index (χ1) is 14.7. The number of pyridine rings is 1. The van der Waals surface area contributed by atoms with Crippen LogP contribution < -0.4 is 10.1 Å². The molecule has 1 amide bonds. The summed E-state index contributed by atoms with van der Waals surface area (Å²) < 4.78 is 5.90. The van der Waals surface area contributed by atoms with Gasteiger partial charge in [0.2, 0.25) is 5.91 Å². The number of rotatable bonds is 7. The topological polar surface area (TPSA) is 71.5 Å². The summed E-state index contributed by atoms with van der Waals surface area (Å²) in [7, 11) is 0. The summed E-state index contributed by atoms with van der Waals surface area (Å²) in [5.74, 6) is 0.940. The van der Waals surface area contributed by atoms with E-state index < -0.39 is 5.60 Å². The molecule has 31 heavy (non-hydrogen) atoms. The molecule has 0 atom stereocenters. The number of aliphatic hydroxyl groups is 1. The minimum absolute atomic E-state index is 0.0558. The second-order valence-corrected chi connectivity index (χ2v) is 9.80. The van der Waals surface area contributed by atoms with Crippen molar-refractivity contribution in [1.29, 1.82) is 0 Å². The number of aromatic nitrogens is 1. The van der Waals surface area contributed by atoms with E-state index in [1.54, 1.807) is 12.4 Å². The lowest BCUT2D eigenvalue weighted by molar-refractivity contribution is -0.122. The highest BCUT2D eigenvalue weighted by Crippen LogP contribution is 2.36. The zero-order valence-corrected chi connectivity index (χ0v) is 19.3. The summed E-state index contributed by atoms with van der Waals surface area (Å²) >= 11 is 0. The Kier molecular flexibility index (Phi) is 7.37. The third-order valence-corrected chi connectivity index (χ3v) is 6.22. The number of hydrogen-bond donors (Lipinski definition) is 2. The van der Waals surface area contributed by atoms with Crippen molar-refractivity contribution in [1.82, 2.24) is 10.3 Å². The number of amides is 1. The Labute approximate surface area is 186 Å². The van der Waals surface area contributed by atoms with Crippen LogP contribution in [0, 0.1) is 6.92 Å². The Morgan fingerprint density at radius 3 is 2.61 bits per heavy atom. The average Bonchev–Trinajstić information content (AvgIpc) is 2.74. The number of hydrogen-bond acceptors (Lipinski definition) is 4. The van der Waals surface area contributed by atoms with Gasteiger partial charge < -0.3 is 15.2 Å². The van der Waals surface area contributed by atoms with Gasteiger partial charge in [-0.1, -0.05) is 39.0 Å². The first-order valence-corrected chi connectivity index (χ1v) is 11.3. The molecule has 3 rings (SSSR count). The third kappa shape index (κ3) is 6.30. The molecule has 1 aliphatic rings. The van der Waals surface area contributed by atoms with E-state index in [0.717, 1.165) is 29.7 Å². The van der Waals surface area contributed by atoms with Crippen LogP contribution in [0.4, 0.5) is 0 Å². The molecule has 1 aliphatic carbocycles. The Morgan fingerprint density at radius 1 is 1.26 bits per heavy atom. The third-order valence-electron chi connectivity index (χ3n) is 6.22. The van der Waals surface area contributed by atoms with Gasteiger partial charge in [-0.05, 0) is 67.7 Å². The summed E-state index contributed by atoms with van der Waals surface area (Å²) in [6.07, 6.45) is 7.39. The molecule has 0 unspecified atom stereocenters. The van der Waals surface area contributed by atoms with Crippen molar-refractivity contribution in [3.05, 3.63) is 59.4 Å². The van der Waals surface area contributed by atoms with Crippen LogP contribution in [0.25, 0.3) is 0 Å². The molecule has 0 spiro atoms. The standard InChI is InChI=1S/C26H36N2O3/c1-19-17-20(25(2,3)4)9-10-23(19)31-16-6-8-24(29)28-22-11-13-26(30,14-12-22)21-7-5-15-27-18-21/h5,7,9-10,15,17-18,22,30H,6,8,11-14,16H2,1-4H3,(H,28,29). The van der Waals surface area contributed by atoms with Crippen molar-refractivity contribution in [2.75, 3.05) is 6.61 Å². The van der Waals surface area contributed by atoms with Crippen molar-refractivity contribution >= 4 is 5.91 Å². The molecule has 2 N–H and O–H groups in total. The van der Waals surface area contributed by atoms with E-state index >= 15 is 0 Å². The first-order valence-electron chi connectivity index (χ1n) is 11.3. The number of ether oxygens (including phenoxy) is 1. The molecule has 1 aromatic heterocycles. The van der Waals surface area contributed by atoms with E-state index in [1.165, 1.54) is 5.56 Å². The minimum Gasteiger partial charge on any atom is -0.493 e. The Bertz CT molecular complexity index is 866. The summed E-state index contributed by atoms with van der Waals surface area (Å²) in [6, 6.07) is 10.2. The van der Waals surface area contributed by atoms with Crippen LogP contribution in [-0.4, -0.2) is 28.6 Å². The van der Waals surface area contributed by atoms with E-state index in [4.69, 9.17) is 4.74 Å². The van der Waals surface area contributed by atoms with Gasteiger partial charge in [0.15, 0.2) is 0 Å². The average molecular weight is 425 g/mol. The molecule has 1 heterocycles. The predicted octanol–water partition coefficient (Wildman–Crippen LogP) is 4.79.